The van der Waals surface area contributed by atoms with E-state index in [-0.39, 0.29) is 4.90 Å². The first-order chi connectivity index (χ1) is 7.68. The summed E-state index contributed by atoms with van der Waals surface area (Å²) in [5.41, 5.74) is -0.497. The van der Waals surface area contributed by atoms with Gasteiger partial charge in [0, 0.05) is 11.6 Å². The van der Waals surface area contributed by atoms with Crippen molar-refractivity contribution in [2.45, 2.75) is 9.24 Å². The van der Waals surface area contributed by atoms with Gasteiger partial charge in [0.25, 0.3) is 0 Å². The number of nitrogens with zero attached hydrogens (tertiary/aromatic N) is 2. The van der Waals surface area contributed by atoms with Gasteiger partial charge in [-0.05, 0) is 12.1 Å². The smallest absolute Gasteiger partial charge is 0.258 e. The molecule has 0 atom stereocenters. The zero-order valence-electron chi connectivity index (χ0n) is 7.79. The number of aromatic nitrogens is 1. The van der Waals surface area contributed by atoms with Crippen LogP contribution in [0.2, 0.25) is 0 Å². The van der Waals surface area contributed by atoms with E-state index in [1.165, 1.54) is 23.5 Å². The molecule has 2 rings (SSSR count). The van der Waals surface area contributed by atoms with Crippen molar-refractivity contribution in [1.82, 2.24) is 4.98 Å². The molecule has 82 valence electrons. The normalized spacial score (nSPS) is 10.3. The van der Waals surface area contributed by atoms with Crippen LogP contribution >= 0.6 is 23.1 Å². The molecule has 0 aliphatic heterocycles. The van der Waals surface area contributed by atoms with Crippen molar-refractivity contribution < 1.29 is 9.31 Å². The van der Waals surface area contributed by atoms with Crippen LogP contribution in [0.15, 0.2) is 39.0 Å². The van der Waals surface area contributed by atoms with Crippen LogP contribution < -0.4 is 0 Å². The van der Waals surface area contributed by atoms with Crippen molar-refractivity contribution in [3.8, 4) is 0 Å². The lowest BCUT2D eigenvalue weighted by Crippen LogP contribution is -1.94. The van der Waals surface area contributed by atoms with Gasteiger partial charge >= 0.3 is 5.69 Å². The number of nitro benzene ring substituents is 1. The van der Waals surface area contributed by atoms with Crippen LogP contribution in [0.25, 0.3) is 0 Å². The highest BCUT2D eigenvalue weighted by Gasteiger charge is 2.20. The van der Waals surface area contributed by atoms with Crippen molar-refractivity contribution in [1.29, 1.82) is 0 Å². The zero-order valence-corrected chi connectivity index (χ0v) is 9.43. The maximum absolute atomic E-state index is 13.3. The first-order valence-corrected chi connectivity index (χ1v) is 5.88. The molecule has 0 N–H and O–H groups in total. The highest BCUT2D eigenvalue weighted by molar-refractivity contribution is 8.01. The monoisotopic (exact) mass is 256 g/mol. The molecular weight excluding hydrogens is 251 g/mol. The number of nitro groups is 1. The van der Waals surface area contributed by atoms with Gasteiger partial charge in [-0.25, -0.2) is 4.98 Å². The third kappa shape index (κ3) is 2.20. The molecule has 0 aliphatic rings. The van der Waals surface area contributed by atoms with E-state index in [0.717, 1.165) is 17.8 Å². The van der Waals surface area contributed by atoms with Crippen molar-refractivity contribution in [2.24, 2.45) is 0 Å². The van der Waals surface area contributed by atoms with Gasteiger partial charge in [-0.2, -0.15) is 4.39 Å². The lowest BCUT2D eigenvalue weighted by molar-refractivity contribution is -0.390. The molecule has 1 aromatic heterocycles. The summed E-state index contributed by atoms with van der Waals surface area (Å²) in [4.78, 5) is 14.2. The molecule has 7 heteroatoms. The summed E-state index contributed by atoms with van der Waals surface area (Å²) in [7, 11) is 0. The molecule has 0 unspecified atom stereocenters. The summed E-state index contributed by atoms with van der Waals surface area (Å²) in [5.74, 6) is -0.827. The fourth-order valence-corrected chi connectivity index (χ4v) is 2.82. The zero-order chi connectivity index (χ0) is 11.5. The SMILES string of the molecule is O=[N+]([O-])c1c(F)cccc1Sc1nccs1. The molecule has 0 saturated heterocycles. The van der Waals surface area contributed by atoms with Crippen LogP contribution in [0.3, 0.4) is 0 Å². The Morgan fingerprint density at radius 1 is 1.50 bits per heavy atom. The Morgan fingerprint density at radius 3 is 2.94 bits per heavy atom. The fraction of sp³-hybridized carbons (Fsp3) is 0. The predicted octanol–water partition coefficient (Wildman–Crippen LogP) is 3.34. The van der Waals surface area contributed by atoms with Gasteiger partial charge in [0.05, 0.1) is 9.82 Å². The number of thiazole rings is 1. The van der Waals surface area contributed by atoms with Crippen molar-refractivity contribution >= 4 is 28.8 Å². The molecule has 0 fully saturated rings. The minimum absolute atomic E-state index is 0.264. The van der Waals surface area contributed by atoms with E-state index >= 15 is 0 Å². The summed E-state index contributed by atoms with van der Waals surface area (Å²) in [6.45, 7) is 0. The molecule has 4 nitrogen and oxygen atoms in total. The number of para-hydroxylation sites is 1. The molecule has 0 spiro atoms. The van der Waals surface area contributed by atoms with Gasteiger partial charge in [0.1, 0.15) is 0 Å². The first-order valence-electron chi connectivity index (χ1n) is 4.18. The molecule has 16 heavy (non-hydrogen) atoms. The van der Waals surface area contributed by atoms with Crippen LogP contribution in [0.5, 0.6) is 0 Å². The van der Waals surface area contributed by atoms with Gasteiger partial charge < -0.3 is 0 Å². The second kappa shape index (κ2) is 4.58. The van der Waals surface area contributed by atoms with E-state index in [2.05, 4.69) is 4.98 Å². The largest absolute Gasteiger partial charge is 0.318 e. The van der Waals surface area contributed by atoms with Gasteiger partial charge in [0.2, 0.25) is 5.82 Å². The molecule has 0 radical (unpaired) electrons. The molecule has 0 saturated carbocycles. The summed E-state index contributed by atoms with van der Waals surface area (Å²) >= 11 is 2.44. The summed E-state index contributed by atoms with van der Waals surface area (Å²) in [6.07, 6.45) is 1.60. The number of benzene rings is 1. The minimum atomic E-state index is -0.827. The number of hydrogen-bond donors (Lipinski definition) is 0. The highest BCUT2D eigenvalue weighted by Crippen LogP contribution is 2.36. The molecule has 2 aromatic rings. The fourth-order valence-electron chi connectivity index (χ4n) is 1.11. The van der Waals surface area contributed by atoms with Gasteiger partial charge in [-0.15, -0.1) is 11.3 Å². The van der Waals surface area contributed by atoms with E-state index in [9.17, 15) is 14.5 Å². The second-order valence-corrected chi connectivity index (χ2v) is 4.93. The van der Waals surface area contributed by atoms with Crippen LogP contribution in [0.1, 0.15) is 0 Å². The minimum Gasteiger partial charge on any atom is -0.258 e. The average molecular weight is 256 g/mol. The van der Waals surface area contributed by atoms with E-state index in [0.29, 0.717) is 4.34 Å². The van der Waals surface area contributed by atoms with E-state index < -0.39 is 16.4 Å². The van der Waals surface area contributed by atoms with Gasteiger partial charge in [-0.3, -0.25) is 10.1 Å². The molecule has 0 bridgehead atoms. The summed E-state index contributed by atoms with van der Waals surface area (Å²) in [6, 6.07) is 4.02. The van der Waals surface area contributed by atoms with Crippen LogP contribution in [0, 0.1) is 15.9 Å². The Balaban J connectivity index is 2.40. The highest BCUT2D eigenvalue weighted by atomic mass is 32.2. The molecular formula is C9H5FN2O2S2. The number of rotatable bonds is 3. The Kier molecular flexibility index (Phi) is 3.16. The van der Waals surface area contributed by atoms with Gasteiger partial charge in [0.15, 0.2) is 4.34 Å². The number of halogens is 1. The van der Waals surface area contributed by atoms with Crippen LogP contribution in [-0.4, -0.2) is 9.91 Å². The average Bonchev–Trinajstić information content (AvgIpc) is 2.70. The van der Waals surface area contributed by atoms with E-state index in [1.807, 2.05) is 0 Å². The summed E-state index contributed by atoms with van der Waals surface area (Å²) in [5, 5.41) is 12.5. The second-order valence-electron chi connectivity index (χ2n) is 2.74. The molecule has 0 aliphatic carbocycles. The Labute approximate surface area is 98.3 Å². The van der Waals surface area contributed by atoms with E-state index in [4.69, 9.17) is 0 Å². The van der Waals surface area contributed by atoms with Crippen LogP contribution in [0.4, 0.5) is 10.1 Å². The van der Waals surface area contributed by atoms with Crippen LogP contribution in [-0.2, 0) is 0 Å². The first kappa shape index (κ1) is 11.0. The van der Waals surface area contributed by atoms with Crippen molar-refractivity contribution in [2.75, 3.05) is 0 Å². The Bertz CT molecular complexity index is 516. The Morgan fingerprint density at radius 2 is 2.31 bits per heavy atom. The van der Waals surface area contributed by atoms with Gasteiger partial charge in [-0.1, -0.05) is 17.8 Å². The summed E-state index contributed by atoms with van der Waals surface area (Å²) < 4.78 is 13.9. The standard InChI is InChI=1S/C9H5FN2O2S2/c10-6-2-1-3-7(8(6)12(13)14)16-9-11-4-5-15-9/h1-5H. The predicted molar refractivity (Wildman–Crippen MR) is 59.3 cm³/mol. The third-order valence-corrected chi connectivity index (χ3v) is 3.67. The lowest BCUT2D eigenvalue weighted by Gasteiger charge is -2.00. The maximum Gasteiger partial charge on any atom is 0.318 e. The number of hydrogen-bond acceptors (Lipinski definition) is 5. The third-order valence-electron chi connectivity index (χ3n) is 1.74. The lowest BCUT2D eigenvalue weighted by atomic mass is 10.3. The van der Waals surface area contributed by atoms with Crippen molar-refractivity contribution in [3.05, 3.63) is 45.7 Å². The molecule has 0 amide bonds. The van der Waals surface area contributed by atoms with Crippen molar-refractivity contribution in [3.63, 3.8) is 0 Å². The van der Waals surface area contributed by atoms with E-state index in [1.54, 1.807) is 11.6 Å². The molecule has 1 heterocycles. The Hall–Kier alpha value is -1.47. The molecule has 1 aromatic carbocycles. The topological polar surface area (TPSA) is 56.0 Å². The maximum atomic E-state index is 13.3. The quantitative estimate of drug-likeness (QED) is 0.624.